The molecule has 0 radical (unpaired) electrons. The van der Waals surface area contributed by atoms with Gasteiger partial charge in [0.2, 0.25) is 0 Å². The first-order chi connectivity index (χ1) is 19.0. The molecule has 0 aliphatic carbocycles. The summed E-state index contributed by atoms with van der Waals surface area (Å²) in [5.74, 6) is 1.91. The summed E-state index contributed by atoms with van der Waals surface area (Å²) >= 11 is 0. The predicted molar refractivity (Wildman–Crippen MR) is 144 cm³/mol. The van der Waals surface area contributed by atoms with Crippen LogP contribution in [-0.2, 0) is 6.54 Å². The van der Waals surface area contributed by atoms with Crippen LogP contribution in [-0.4, -0.2) is 40.5 Å². The van der Waals surface area contributed by atoms with Crippen LogP contribution in [0.25, 0.3) is 0 Å². The van der Waals surface area contributed by atoms with Gasteiger partial charge >= 0.3 is 0 Å². The molecular formula is C30H21N5O4. The molecule has 39 heavy (non-hydrogen) atoms. The van der Waals surface area contributed by atoms with Gasteiger partial charge < -0.3 is 15.0 Å². The summed E-state index contributed by atoms with van der Waals surface area (Å²) < 4.78 is 6.85. The van der Waals surface area contributed by atoms with Crippen molar-refractivity contribution in [2.45, 2.75) is 6.54 Å². The van der Waals surface area contributed by atoms with E-state index in [1.165, 1.54) is 10.9 Å². The van der Waals surface area contributed by atoms with Gasteiger partial charge in [-0.05, 0) is 66.7 Å². The standard InChI is InChI=1S/C30H21N5O4/c1-2-16-39-25-12-8-22(9-13-25)28(36)21-6-10-24(11-7-21)34-14-15-35-27(30(34)38)26(19-32-35)29(37)33-23-5-3-4-20(17-23)18-31/h1,3-13,17,19H,14-16H2,(H,33,37). The summed E-state index contributed by atoms with van der Waals surface area (Å²) in [7, 11) is 0. The Bertz CT molecular complexity index is 1660. The molecule has 0 bridgehead atoms. The molecular weight excluding hydrogens is 494 g/mol. The van der Waals surface area contributed by atoms with Gasteiger partial charge in [-0.15, -0.1) is 6.42 Å². The van der Waals surface area contributed by atoms with E-state index in [4.69, 9.17) is 16.4 Å². The van der Waals surface area contributed by atoms with E-state index < -0.39 is 5.91 Å². The molecule has 2 amide bonds. The number of nitrogens with zero attached hydrogens (tertiary/aromatic N) is 4. The fraction of sp³-hybridized carbons (Fsp3) is 0.100. The van der Waals surface area contributed by atoms with Crippen molar-refractivity contribution in [1.82, 2.24) is 9.78 Å². The zero-order valence-corrected chi connectivity index (χ0v) is 20.6. The summed E-state index contributed by atoms with van der Waals surface area (Å²) in [5.41, 5.74) is 2.69. The zero-order chi connectivity index (χ0) is 27.4. The summed E-state index contributed by atoms with van der Waals surface area (Å²) in [6, 6.07) is 22.0. The number of terminal acetylenes is 1. The average Bonchev–Trinajstić information content (AvgIpc) is 3.42. The number of benzene rings is 3. The van der Waals surface area contributed by atoms with Crippen LogP contribution in [0, 0.1) is 23.7 Å². The first-order valence-electron chi connectivity index (χ1n) is 12.0. The lowest BCUT2D eigenvalue weighted by Gasteiger charge is -2.28. The second kappa shape index (κ2) is 10.8. The van der Waals surface area contributed by atoms with Crippen molar-refractivity contribution in [2.75, 3.05) is 23.4 Å². The van der Waals surface area contributed by atoms with Crippen molar-refractivity contribution >= 4 is 29.0 Å². The second-order valence-electron chi connectivity index (χ2n) is 8.63. The molecule has 190 valence electrons. The van der Waals surface area contributed by atoms with Gasteiger partial charge in [0.25, 0.3) is 11.8 Å². The lowest BCUT2D eigenvalue weighted by atomic mass is 10.0. The molecule has 0 atom stereocenters. The maximum atomic E-state index is 13.5. The third-order valence-electron chi connectivity index (χ3n) is 6.20. The fourth-order valence-electron chi connectivity index (χ4n) is 4.27. The Morgan fingerprint density at radius 1 is 1.03 bits per heavy atom. The summed E-state index contributed by atoms with van der Waals surface area (Å²) in [6.45, 7) is 0.894. The number of ketones is 1. The first kappa shape index (κ1) is 25.0. The van der Waals surface area contributed by atoms with Crippen LogP contribution < -0.4 is 15.0 Å². The number of ether oxygens (including phenoxy) is 1. The second-order valence-corrected chi connectivity index (χ2v) is 8.63. The molecule has 1 aromatic heterocycles. The van der Waals surface area contributed by atoms with Crippen LogP contribution in [0.2, 0.25) is 0 Å². The quantitative estimate of drug-likeness (QED) is 0.295. The molecule has 1 aliphatic rings. The van der Waals surface area contributed by atoms with Crippen LogP contribution in [0.1, 0.15) is 42.3 Å². The molecule has 0 saturated heterocycles. The van der Waals surface area contributed by atoms with Crippen LogP contribution >= 0.6 is 0 Å². The van der Waals surface area contributed by atoms with Gasteiger partial charge in [0.1, 0.15) is 18.1 Å². The number of rotatable bonds is 7. The van der Waals surface area contributed by atoms with Crippen LogP contribution in [0.15, 0.2) is 79.0 Å². The van der Waals surface area contributed by atoms with Gasteiger partial charge in [-0.1, -0.05) is 12.0 Å². The SMILES string of the molecule is C#CCOc1ccc(C(=O)c2ccc(N3CCn4ncc(C(=O)Nc5cccc(C#N)c5)c4C3=O)cc2)cc1. The highest BCUT2D eigenvalue weighted by atomic mass is 16.5. The number of carbonyl (C=O) groups excluding carboxylic acids is 3. The number of anilines is 2. The number of nitrogens with one attached hydrogen (secondary N) is 1. The minimum atomic E-state index is -0.502. The van der Waals surface area contributed by atoms with Crippen molar-refractivity contribution in [2.24, 2.45) is 0 Å². The maximum absolute atomic E-state index is 13.5. The largest absolute Gasteiger partial charge is 0.481 e. The molecule has 9 nitrogen and oxygen atoms in total. The van der Waals surface area contributed by atoms with Crippen LogP contribution in [0.4, 0.5) is 11.4 Å². The van der Waals surface area contributed by atoms with Gasteiger partial charge in [0.05, 0.1) is 29.9 Å². The van der Waals surface area contributed by atoms with E-state index in [1.54, 1.807) is 77.7 Å². The van der Waals surface area contributed by atoms with E-state index >= 15 is 0 Å². The Morgan fingerprint density at radius 3 is 2.44 bits per heavy atom. The van der Waals surface area contributed by atoms with Gasteiger partial charge in [0, 0.05) is 29.0 Å². The monoisotopic (exact) mass is 515 g/mol. The van der Waals surface area contributed by atoms with Gasteiger partial charge in [-0.25, -0.2) is 0 Å². The average molecular weight is 516 g/mol. The summed E-state index contributed by atoms with van der Waals surface area (Å²) in [4.78, 5) is 40.9. The van der Waals surface area contributed by atoms with Crippen LogP contribution in [0.5, 0.6) is 5.75 Å². The highest BCUT2D eigenvalue weighted by Gasteiger charge is 2.32. The smallest absolute Gasteiger partial charge is 0.277 e. The lowest BCUT2D eigenvalue weighted by molar-refractivity contribution is 0.0946. The normalized spacial score (nSPS) is 12.2. The topological polar surface area (TPSA) is 117 Å². The van der Waals surface area contributed by atoms with Crippen LogP contribution in [0.3, 0.4) is 0 Å². The van der Waals surface area contributed by atoms with E-state index in [0.29, 0.717) is 46.9 Å². The lowest BCUT2D eigenvalue weighted by Crippen LogP contribution is -2.41. The van der Waals surface area contributed by atoms with E-state index in [0.717, 1.165) is 0 Å². The highest BCUT2D eigenvalue weighted by molar-refractivity contribution is 6.16. The maximum Gasteiger partial charge on any atom is 0.277 e. The Kier molecular flexibility index (Phi) is 6.89. The van der Waals surface area contributed by atoms with Gasteiger partial charge in [-0.3, -0.25) is 19.1 Å². The molecule has 1 N–H and O–H groups in total. The minimum Gasteiger partial charge on any atom is -0.481 e. The van der Waals surface area contributed by atoms with Crippen molar-refractivity contribution in [3.05, 3.63) is 107 Å². The Morgan fingerprint density at radius 2 is 1.74 bits per heavy atom. The van der Waals surface area contributed by atoms with E-state index in [2.05, 4.69) is 16.3 Å². The van der Waals surface area contributed by atoms with Crippen molar-refractivity contribution in [3.63, 3.8) is 0 Å². The molecule has 2 heterocycles. The number of aromatic nitrogens is 2. The molecule has 5 rings (SSSR count). The number of hydrogen-bond acceptors (Lipinski definition) is 6. The Balaban J connectivity index is 1.32. The van der Waals surface area contributed by atoms with Crippen molar-refractivity contribution < 1.29 is 19.1 Å². The van der Waals surface area contributed by atoms with Gasteiger partial charge in [-0.2, -0.15) is 10.4 Å². The molecule has 0 unspecified atom stereocenters. The Labute approximate surface area is 224 Å². The van der Waals surface area contributed by atoms with E-state index in [-0.39, 0.29) is 29.6 Å². The molecule has 4 aromatic rings. The highest BCUT2D eigenvalue weighted by Crippen LogP contribution is 2.25. The number of fused-ring (bicyclic) bond motifs is 1. The number of nitriles is 1. The zero-order valence-electron chi connectivity index (χ0n) is 20.6. The molecule has 9 heteroatoms. The number of hydrogen-bond donors (Lipinski definition) is 1. The third-order valence-corrected chi connectivity index (χ3v) is 6.20. The van der Waals surface area contributed by atoms with Crippen molar-refractivity contribution in [1.29, 1.82) is 5.26 Å². The van der Waals surface area contributed by atoms with E-state index in [1.807, 2.05) is 6.07 Å². The molecule has 0 saturated carbocycles. The number of carbonyl (C=O) groups is 3. The Hall–Kier alpha value is -5.67. The molecule has 1 aliphatic heterocycles. The molecule has 0 spiro atoms. The third kappa shape index (κ3) is 5.10. The first-order valence-corrected chi connectivity index (χ1v) is 12.0. The molecule has 0 fully saturated rings. The van der Waals surface area contributed by atoms with E-state index in [9.17, 15) is 14.4 Å². The predicted octanol–water partition coefficient (Wildman–Crippen LogP) is 3.91. The van der Waals surface area contributed by atoms with Crippen molar-refractivity contribution in [3.8, 4) is 24.2 Å². The van der Waals surface area contributed by atoms with Gasteiger partial charge in [0.15, 0.2) is 5.78 Å². The number of amides is 2. The molecule has 3 aromatic carbocycles. The fourth-order valence-corrected chi connectivity index (χ4v) is 4.27. The minimum absolute atomic E-state index is 0.133. The summed E-state index contributed by atoms with van der Waals surface area (Å²) in [5, 5.41) is 16.0. The summed E-state index contributed by atoms with van der Waals surface area (Å²) in [6.07, 6.45) is 6.56.